The van der Waals surface area contributed by atoms with Gasteiger partial charge >= 0.3 is 0 Å². The van der Waals surface area contributed by atoms with Crippen LogP contribution in [0.1, 0.15) is 166 Å². The third kappa shape index (κ3) is 794. The van der Waals surface area contributed by atoms with Gasteiger partial charge in [0, 0.05) is 0 Å². The highest BCUT2D eigenvalue weighted by atomic mass is 14.0. The maximum absolute atomic E-state index is 2.24. The second-order valence-electron chi connectivity index (χ2n) is 2.49. The predicted octanol–water partition coefficient (Wildman–Crippen LogP) is 12.6. The molecular weight excluding hydrogens is 312 g/mol. The maximum atomic E-state index is 2.24. The quantitative estimate of drug-likeness (QED) is 0.420. The van der Waals surface area contributed by atoms with Gasteiger partial charge < -0.3 is 0 Å². The summed E-state index contributed by atoms with van der Waals surface area (Å²) in [5.74, 6) is 1.70. The summed E-state index contributed by atoms with van der Waals surface area (Å²) in [6.45, 7) is 49.0. The molecule has 0 heteroatoms. The van der Waals surface area contributed by atoms with Crippen molar-refractivity contribution in [3.8, 4) is 0 Å². The van der Waals surface area contributed by atoms with Crippen molar-refractivity contribution in [3.05, 3.63) is 0 Å². The van der Waals surface area contributed by atoms with Gasteiger partial charge in [-0.3, -0.25) is 0 Å². The summed E-state index contributed by atoms with van der Waals surface area (Å²) < 4.78 is 0. The first-order chi connectivity index (χ1) is 12.6. The Labute approximate surface area is 178 Å². The summed E-state index contributed by atoms with van der Waals surface area (Å²) in [6, 6.07) is 0. The minimum atomic E-state index is 0.852. The molecule has 0 radical (unpaired) electrons. The van der Waals surface area contributed by atoms with Crippen LogP contribution in [0.2, 0.25) is 0 Å². The normalized spacial score (nSPS) is 4.85. The Balaban J connectivity index is -0.0000000111. The van der Waals surface area contributed by atoms with Crippen LogP contribution in [0.3, 0.4) is 0 Å². The van der Waals surface area contributed by atoms with Gasteiger partial charge in [0.15, 0.2) is 0 Å². The van der Waals surface area contributed by atoms with Gasteiger partial charge in [-0.25, -0.2) is 0 Å². The van der Waals surface area contributed by atoms with Crippen molar-refractivity contribution in [2.45, 2.75) is 166 Å². The molecule has 0 nitrogen and oxygen atoms in total. The minimum absolute atomic E-state index is 0.852. The monoisotopic (exact) mass is 387 g/mol. The Morgan fingerprint density at radius 1 is 0.192 bits per heavy atom. The van der Waals surface area contributed by atoms with Crippen LogP contribution in [0, 0.1) is 11.8 Å². The van der Waals surface area contributed by atoms with Crippen LogP contribution in [0.5, 0.6) is 0 Å². The molecule has 0 spiro atoms. The topological polar surface area (TPSA) is 0 Å². The molecule has 0 rings (SSSR count). The smallest absolute Gasteiger partial charge is 0.0448 e. The van der Waals surface area contributed by atoms with E-state index in [2.05, 4.69) is 27.7 Å². The molecule has 0 aliphatic carbocycles. The summed E-state index contributed by atoms with van der Waals surface area (Å²) in [4.78, 5) is 0. The Hall–Kier alpha value is 0. The molecule has 178 valence electrons. The highest BCUT2D eigenvalue weighted by Gasteiger charge is 1.95. The van der Waals surface area contributed by atoms with Gasteiger partial charge in [-0.1, -0.05) is 166 Å². The minimum Gasteiger partial charge on any atom is -0.0683 e. The molecule has 0 saturated carbocycles. The van der Waals surface area contributed by atoms with E-state index in [4.69, 9.17) is 0 Å². The molecule has 0 N–H and O–H groups in total. The molecule has 0 aromatic carbocycles. The molecule has 0 aromatic rings. The Morgan fingerprint density at radius 3 is 0.231 bits per heavy atom. The zero-order chi connectivity index (χ0) is 25.2. The number of rotatable bonds is 1. The lowest BCUT2D eigenvalue weighted by molar-refractivity contribution is 0.457. The molecule has 0 atom stereocenters. The molecule has 0 heterocycles. The van der Waals surface area contributed by atoms with Gasteiger partial charge in [0.05, 0.1) is 0 Å². The summed E-state index contributed by atoms with van der Waals surface area (Å²) in [6.07, 6.45) is 0. The van der Waals surface area contributed by atoms with Gasteiger partial charge in [-0.15, -0.1) is 0 Å². The van der Waals surface area contributed by atoms with Crippen molar-refractivity contribution in [2.24, 2.45) is 11.8 Å². The van der Waals surface area contributed by atoms with Crippen molar-refractivity contribution in [2.75, 3.05) is 0 Å². The zero-order valence-corrected chi connectivity index (χ0v) is 25.2. The van der Waals surface area contributed by atoms with E-state index < -0.39 is 0 Å². The van der Waals surface area contributed by atoms with Crippen molar-refractivity contribution >= 4 is 0 Å². The Bertz CT molecular complexity index is 21.0. The van der Waals surface area contributed by atoms with Gasteiger partial charge in [-0.2, -0.15) is 0 Å². The highest BCUT2D eigenvalue weighted by molar-refractivity contribution is 4.46. The van der Waals surface area contributed by atoms with Crippen LogP contribution in [0.15, 0.2) is 0 Å². The average molecular weight is 387 g/mol. The number of hydrogen-bond acceptors (Lipinski definition) is 0. The standard InChI is InChI=1S/C6H14.10C2H6/c1-5(2)6(3)4;10*1-2/h5-6H,1-4H3;10*1-2H3. The van der Waals surface area contributed by atoms with E-state index in [1.165, 1.54) is 0 Å². The summed E-state index contributed by atoms with van der Waals surface area (Å²) in [5.41, 5.74) is 0. The number of hydrogen-bond donors (Lipinski definition) is 0. The zero-order valence-electron chi connectivity index (χ0n) is 25.2. The molecule has 0 aliphatic heterocycles. The Morgan fingerprint density at radius 2 is 0.231 bits per heavy atom. The molecule has 0 bridgehead atoms. The van der Waals surface area contributed by atoms with Crippen LogP contribution in [-0.4, -0.2) is 0 Å². The molecule has 0 aromatic heterocycles. The van der Waals surface area contributed by atoms with Crippen LogP contribution in [0.25, 0.3) is 0 Å². The SMILES string of the molecule is CC.CC.CC.CC.CC.CC.CC.CC.CC.CC.CC(C)C(C)C. The fourth-order valence-electron chi connectivity index (χ4n) is 0. The van der Waals surface area contributed by atoms with E-state index in [9.17, 15) is 0 Å². The first-order valence-electron chi connectivity index (χ1n) is 12.6. The lowest BCUT2D eigenvalue weighted by atomic mass is 10.0. The van der Waals surface area contributed by atoms with Crippen LogP contribution in [-0.2, 0) is 0 Å². The maximum Gasteiger partial charge on any atom is -0.0448 e. The van der Waals surface area contributed by atoms with E-state index in [0.717, 1.165) is 11.8 Å². The second-order valence-corrected chi connectivity index (χ2v) is 2.49. The van der Waals surface area contributed by atoms with Gasteiger partial charge in [0.2, 0.25) is 0 Å². The molecule has 0 amide bonds. The van der Waals surface area contributed by atoms with Crippen LogP contribution in [0.4, 0.5) is 0 Å². The summed E-state index contributed by atoms with van der Waals surface area (Å²) >= 11 is 0. The van der Waals surface area contributed by atoms with E-state index in [-0.39, 0.29) is 0 Å². The largest absolute Gasteiger partial charge is 0.0683 e. The van der Waals surface area contributed by atoms with Gasteiger partial charge in [-0.05, 0) is 11.8 Å². The fourth-order valence-corrected chi connectivity index (χ4v) is 0. The van der Waals surface area contributed by atoms with Crippen molar-refractivity contribution < 1.29 is 0 Å². The molecule has 0 fully saturated rings. The van der Waals surface area contributed by atoms with Crippen LogP contribution >= 0.6 is 0 Å². The van der Waals surface area contributed by atoms with Gasteiger partial charge in [0.25, 0.3) is 0 Å². The molecular formula is C26H74. The fraction of sp³-hybridized carbons (Fsp3) is 1.00. The first kappa shape index (κ1) is 72.2. The molecule has 0 unspecified atom stereocenters. The van der Waals surface area contributed by atoms with Crippen LogP contribution < -0.4 is 0 Å². The average Bonchev–Trinajstić information content (AvgIpc) is 2.82. The van der Waals surface area contributed by atoms with E-state index in [1.54, 1.807) is 0 Å². The second kappa shape index (κ2) is 400. The van der Waals surface area contributed by atoms with E-state index in [0.29, 0.717) is 0 Å². The van der Waals surface area contributed by atoms with E-state index in [1.807, 2.05) is 138 Å². The lowest BCUT2D eigenvalue weighted by Crippen LogP contribution is -1.95. The van der Waals surface area contributed by atoms with Gasteiger partial charge in [0.1, 0.15) is 0 Å². The molecule has 0 saturated heterocycles. The third-order valence-electron chi connectivity index (χ3n) is 1.33. The van der Waals surface area contributed by atoms with Crippen molar-refractivity contribution in [1.82, 2.24) is 0 Å². The first-order valence-corrected chi connectivity index (χ1v) is 12.6. The Kier molecular flexibility index (Phi) is 1110. The third-order valence-corrected chi connectivity index (χ3v) is 1.33. The van der Waals surface area contributed by atoms with Crippen molar-refractivity contribution in [3.63, 3.8) is 0 Å². The van der Waals surface area contributed by atoms with Crippen molar-refractivity contribution in [1.29, 1.82) is 0 Å². The molecule has 0 aliphatic rings. The lowest BCUT2D eigenvalue weighted by Gasteiger charge is -2.05. The summed E-state index contributed by atoms with van der Waals surface area (Å²) in [7, 11) is 0. The van der Waals surface area contributed by atoms with E-state index >= 15 is 0 Å². The predicted molar refractivity (Wildman–Crippen MR) is 143 cm³/mol. The highest BCUT2D eigenvalue weighted by Crippen LogP contribution is 2.05. The summed E-state index contributed by atoms with van der Waals surface area (Å²) in [5, 5.41) is 0. The molecule has 26 heavy (non-hydrogen) atoms.